The van der Waals surface area contributed by atoms with Crippen molar-refractivity contribution in [1.82, 2.24) is 15.1 Å². The molecule has 0 radical (unpaired) electrons. The Morgan fingerprint density at radius 2 is 2.04 bits per heavy atom. The summed E-state index contributed by atoms with van der Waals surface area (Å²) in [7, 11) is 0. The van der Waals surface area contributed by atoms with Crippen LogP contribution in [0.4, 0.5) is 4.79 Å². The summed E-state index contributed by atoms with van der Waals surface area (Å²) in [5.41, 5.74) is -0.253. The molecule has 0 unspecified atom stereocenters. The van der Waals surface area contributed by atoms with Gasteiger partial charge in [0, 0.05) is 19.0 Å². The smallest absolute Gasteiger partial charge is 0.325 e. The molecular formula is C20H25N3O5. The molecule has 2 fully saturated rings. The molecule has 2 saturated heterocycles. The van der Waals surface area contributed by atoms with Gasteiger partial charge in [0.2, 0.25) is 12.7 Å². The maximum Gasteiger partial charge on any atom is 0.325 e. The van der Waals surface area contributed by atoms with Crippen LogP contribution < -0.4 is 14.8 Å². The summed E-state index contributed by atoms with van der Waals surface area (Å²) in [6.07, 6.45) is 3.31. The highest BCUT2D eigenvalue weighted by atomic mass is 16.7. The number of nitrogens with zero attached hydrogens (tertiary/aromatic N) is 2. The second-order valence-corrected chi connectivity index (χ2v) is 7.95. The minimum Gasteiger partial charge on any atom is -0.454 e. The van der Waals surface area contributed by atoms with Crippen molar-refractivity contribution < 1.29 is 23.9 Å². The number of likely N-dealkylation sites (tertiary alicyclic amines) is 1. The van der Waals surface area contributed by atoms with Crippen LogP contribution in [0.1, 0.15) is 38.7 Å². The van der Waals surface area contributed by atoms with Crippen molar-refractivity contribution in [2.45, 2.75) is 51.1 Å². The average Bonchev–Trinajstić information content (AvgIpc) is 3.20. The lowest BCUT2D eigenvalue weighted by atomic mass is 9.92. The van der Waals surface area contributed by atoms with Gasteiger partial charge in [-0.25, -0.2) is 4.79 Å². The van der Waals surface area contributed by atoms with Gasteiger partial charge in [-0.05, 0) is 50.8 Å². The number of nitrogens with one attached hydrogen (secondary N) is 1. The van der Waals surface area contributed by atoms with Crippen molar-refractivity contribution in [2.75, 3.05) is 19.9 Å². The third kappa shape index (κ3) is 3.27. The molecular weight excluding hydrogens is 362 g/mol. The lowest BCUT2D eigenvalue weighted by molar-refractivity contribution is -0.140. The second-order valence-electron chi connectivity index (χ2n) is 7.95. The van der Waals surface area contributed by atoms with E-state index in [1.807, 2.05) is 19.1 Å². The number of rotatable bonds is 4. The summed E-state index contributed by atoms with van der Waals surface area (Å²) in [6.45, 7) is 4.33. The number of imide groups is 1. The predicted molar refractivity (Wildman–Crippen MR) is 99.9 cm³/mol. The summed E-state index contributed by atoms with van der Waals surface area (Å²) >= 11 is 0. The number of amides is 4. The Hall–Kier alpha value is -2.77. The van der Waals surface area contributed by atoms with Crippen LogP contribution in [0.2, 0.25) is 0 Å². The molecule has 2 atom stereocenters. The molecule has 1 aromatic carbocycles. The Balaban J connectivity index is 1.46. The lowest BCUT2D eigenvalue weighted by Gasteiger charge is -2.34. The quantitative estimate of drug-likeness (QED) is 0.794. The summed E-state index contributed by atoms with van der Waals surface area (Å²) in [5, 5.41) is 2.76. The molecule has 0 aromatic heterocycles. The molecule has 4 rings (SSSR count). The van der Waals surface area contributed by atoms with Gasteiger partial charge < -0.3 is 19.7 Å². The van der Waals surface area contributed by atoms with Crippen LogP contribution in [0.3, 0.4) is 0 Å². The molecule has 150 valence electrons. The van der Waals surface area contributed by atoms with Crippen LogP contribution in [-0.2, 0) is 16.0 Å². The number of piperidine rings is 1. The van der Waals surface area contributed by atoms with Gasteiger partial charge in [0.25, 0.3) is 5.91 Å². The zero-order valence-electron chi connectivity index (χ0n) is 16.2. The SMILES string of the molecule is C[C@@H]1CCCCN1C(=O)CN1C(=O)N[C@@](C)(Cc2ccc3c(c2)OCO3)C1=O. The Kier molecular flexibility index (Phi) is 4.64. The van der Waals surface area contributed by atoms with Crippen LogP contribution in [0.5, 0.6) is 11.5 Å². The fourth-order valence-corrected chi connectivity index (χ4v) is 4.16. The van der Waals surface area contributed by atoms with E-state index < -0.39 is 11.6 Å². The van der Waals surface area contributed by atoms with Crippen molar-refractivity contribution in [1.29, 1.82) is 0 Å². The maximum atomic E-state index is 13.0. The van der Waals surface area contributed by atoms with Gasteiger partial charge in [-0.3, -0.25) is 14.5 Å². The summed E-state index contributed by atoms with van der Waals surface area (Å²) < 4.78 is 10.7. The second kappa shape index (κ2) is 7.00. The third-order valence-corrected chi connectivity index (χ3v) is 5.76. The molecule has 0 aliphatic carbocycles. The van der Waals surface area contributed by atoms with E-state index in [1.165, 1.54) is 0 Å². The van der Waals surface area contributed by atoms with Crippen LogP contribution in [0, 0.1) is 0 Å². The van der Waals surface area contributed by atoms with E-state index in [0.29, 0.717) is 24.5 Å². The molecule has 3 aliphatic rings. The van der Waals surface area contributed by atoms with Gasteiger partial charge in [0.1, 0.15) is 12.1 Å². The van der Waals surface area contributed by atoms with Crippen molar-refractivity contribution in [3.05, 3.63) is 23.8 Å². The van der Waals surface area contributed by atoms with Crippen molar-refractivity contribution in [2.24, 2.45) is 0 Å². The zero-order chi connectivity index (χ0) is 19.9. The number of fused-ring (bicyclic) bond motifs is 1. The minimum atomic E-state index is -1.10. The van der Waals surface area contributed by atoms with Gasteiger partial charge in [0.05, 0.1) is 0 Å². The van der Waals surface area contributed by atoms with E-state index in [1.54, 1.807) is 17.9 Å². The van der Waals surface area contributed by atoms with E-state index in [2.05, 4.69) is 5.32 Å². The van der Waals surface area contributed by atoms with E-state index in [0.717, 1.165) is 29.7 Å². The van der Waals surface area contributed by atoms with Crippen molar-refractivity contribution >= 4 is 17.8 Å². The molecule has 0 saturated carbocycles. The van der Waals surface area contributed by atoms with E-state index >= 15 is 0 Å². The first-order valence-corrected chi connectivity index (χ1v) is 9.69. The highest BCUT2D eigenvalue weighted by Crippen LogP contribution is 2.34. The molecule has 3 aliphatic heterocycles. The topological polar surface area (TPSA) is 88.2 Å². The van der Waals surface area contributed by atoms with E-state index in [9.17, 15) is 14.4 Å². The van der Waals surface area contributed by atoms with Gasteiger partial charge in [-0.1, -0.05) is 6.07 Å². The summed E-state index contributed by atoms with van der Waals surface area (Å²) in [6, 6.07) is 5.08. The van der Waals surface area contributed by atoms with Crippen LogP contribution in [-0.4, -0.2) is 59.1 Å². The number of carbonyl (C=O) groups excluding carboxylic acids is 3. The predicted octanol–water partition coefficient (Wildman–Crippen LogP) is 1.67. The molecule has 4 amide bonds. The van der Waals surface area contributed by atoms with Crippen LogP contribution in [0.25, 0.3) is 0 Å². The first-order chi connectivity index (χ1) is 13.4. The number of benzene rings is 1. The first-order valence-electron chi connectivity index (χ1n) is 9.69. The third-order valence-electron chi connectivity index (χ3n) is 5.76. The number of ether oxygens (including phenoxy) is 2. The lowest BCUT2D eigenvalue weighted by Crippen LogP contribution is -2.49. The Morgan fingerprint density at radius 3 is 2.82 bits per heavy atom. The molecule has 8 heteroatoms. The van der Waals surface area contributed by atoms with Crippen molar-refractivity contribution in [3.63, 3.8) is 0 Å². The van der Waals surface area contributed by atoms with Crippen molar-refractivity contribution in [3.8, 4) is 11.5 Å². The standard InChI is InChI=1S/C20H25N3O5/c1-13-5-3-4-8-22(13)17(24)11-23-18(25)20(2,21-19(23)26)10-14-6-7-15-16(9-14)28-12-27-15/h6-7,9,13H,3-5,8,10-12H2,1-2H3,(H,21,26)/t13-,20+/m1/s1. The fourth-order valence-electron chi connectivity index (χ4n) is 4.16. The zero-order valence-corrected chi connectivity index (χ0v) is 16.2. The molecule has 0 spiro atoms. The normalized spacial score (nSPS) is 26.6. The van der Waals surface area contributed by atoms with Gasteiger partial charge in [0.15, 0.2) is 11.5 Å². The van der Waals surface area contributed by atoms with E-state index in [-0.39, 0.29) is 31.2 Å². The Morgan fingerprint density at radius 1 is 1.25 bits per heavy atom. The van der Waals surface area contributed by atoms with Crippen LogP contribution in [0.15, 0.2) is 18.2 Å². The van der Waals surface area contributed by atoms with Gasteiger partial charge in [-0.2, -0.15) is 0 Å². The Bertz CT molecular complexity index is 826. The molecule has 3 heterocycles. The number of urea groups is 1. The highest BCUT2D eigenvalue weighted by molar-refractivity contribution is 6.09. The molecule has 1 aromatic rings. The average molecular weight is 387 g/mol. The number of hydrogen-bond donors (Lipinski definition) is 1. The monoisotopic (exact) mass is 387 g/mol. The fraction of sp³-hybridized carbons (Fsp3) is 0.550. The minimum absolute atomic E-state index is 0.141. The highest BCUT2D eigenvalue weighted by Gasteiger charge is 2.48. The molecule has 8 nitrogen and oxygen atoms in total. The van der Waals surface area contributed by atoms with Crippen LogP contribution >= 0.6 is 0 Å². The molecule has 28 heavy (non-hydrogen) atoms. The largest absolute Gasteiger partial charge is 0.454 e. The maximum absolute atomic E-state index is 13.0. The molecule has 0 bridgehead atoms. The summed E-state index contributed by atoms with van der Waals surface area (Å²) in [4.78, 5) is 40.9. The van der Waals surface area contributed by atoms with Gasteiger partial charge in [-0.15, -0.1) is 0 Å². The Labute approximate surface area is 163 Å². The van der Waals surface area contributed by atoms with E-state index in [4.69, 9.17) is 9.47 Å². The number of carbonyl (C=O) groups is 3. The molecule has 1 N–H and O–H groups in total. The number of hydrogen-bond acceptors (Lipinski definition) is 5. The first kappa shape index (κ1) is 18.6. The summed E-state index contributed by atoms with van der Waals surface area (Å²) in [5.74, 6) is 0.735. The van der Waals surface area contributed by atoms with Gasteiger partial charge >= 0.3 is 6.03 Å².